The summed E-state index contributed by atoms with van der Waals surface area (Å²) in [5.74, 6) is 0.668. The second kappa shape index (κ2) is 7.82. The molecule has 0 saturated carbocycles. The van der Waals surface area contributed by atoms with Gasteiger partial charge in [0.1, 0.15) is 12.4 Å². The Hall–Kier alpha value is -2.29. The minimum Gasteiger partial charge on any atom is -0.491 e. The van der Waals surface area contributed by atoms with E-state index in [0.29, 0.717) is 6.61 Å². The quantitative estimate of drug-likeness (QED) is 0.870. The van der Waals surface area contributed by atoms with E-state index in [4.69, 9.17) is 4.74 Å². The predicted molar refractivity (Wildman–Crippen MR) is 91.8 cm³/mol. The summed E-state index contributed by atoms with van der Waals surface area (Å²) < 4.78 is 5.81. The van der Waals surface area contributed by atoms with Crippen LogP contribution in [0.2, 0.25) is 0 Å². The minimum absolute atomic E-state index is 0.0628. The fraction of sp³-hybridized carbons (Fsp3) is 0.350. The number of amides is 1. The molecule has 1 atom stereocenters. The zero-order valence-corrected chi connectivity index (χ0v) is 13.3. The molecule has 120 valence electrons. The Morgan fingerprint density at radius 3 is 2.87 bits per heavy atom. The summed E-state index contributed by atoms with van der Waals surface area (Å²) in [6.07, 6.45) is 13.7. The average Bonchev–Trinajstić information content (AvgIpc) is 2.93. The van der Waals surface area contributed by atoms with Gasteiger partial charge in [0, 0.05) is 6.08 Å². The maximum absolute atomic E-state index is 11.6. The first-order chi connectivity index (χ1) is 11.3. The molecule has 0 spiro atoms. The summed E-state index contributed by atoms with van der Waals surface area (Å²) in [5, 5.41) is 2.95. The lowest BCUT2D eigenvalue weighted by Crippen LogP contribution is -2.31. The Morgan fingerprint density at radius 1 is 1.22 bits per heavy atom. The molecule has 1 aromatic carbocycles. The van der Waals surface area contributed by atoms with Gasteiger partial charge in [0.15, 0.2) is 0 Å². The van der Waals surface area contributed by atoms with E-state index in [0.717, 1.165) is 18.6 Å². The smallest absolute Gasteiger partial charge is 0.248 e. The summed E-state index contributed by atoms with van der Waals surface area (Å²) in [6, 6.07) is 10.1. The van der Waals surface area contributed by atoms with E-state index in [1.165, 1.54) is 30.4 Å². The Bertz CT molecular complexity index is 628. The number of hydrogen-bond donors (Lipinski definition) is 1. The first kappa shape index (κ1) is 15.6. The largest absolute Gasteiger partial charge is 0.491 e. The molecular weight excluding hydrogens is 286 g/mol. The first-order valence-electron chi connectivity index (χ1n) is 8.35. The highest BCUT2D eigenvalue weighted by molar-refractivity contribution is 5.91. The second-order valence-corrected chi connectivity index (χ2v) is 6.04. The van der Waals surface area contributed by atoms with Gasteiger partial charge < -0.3 is 10.1 Å². The van der Waals surface area contributed by atoms with Crippen molar-refractivity contribution in [1.29, 1.82) is 0 Å². The van der Waals surface area contributed by atoms with E-state index in [1.807, 2.05) is 24.3 Å². The van der Waals surface area contributed by atoms with Gasteiger partial charge in [0.2, 0.25) is 5.91 Å². The maximum atomic E-state index is 11.6. The van der Waals surface area contributed by atoms with Gasteiger partial charge in [0.25, 0.3) is 0 Å². The lowest BCUT2D eigenvalue weighted by Gasteiger charge is -2.15. The Labute approximate surface area is 137 Å². The van der Waals surface area contributed by atoms with Gasteiger partial charge in [-0.2, -0.15) is 0 Å². The zero-order chi connectivity index (χ0) is 15.9. The van der Waals surface area contributed by atoms with Crippen molar-refractivity contribution < 1.29 is 9.53 Å². The molecule has 1 aliphatic heterocycles. The summed E-state index contributed by atoms with van der Waals surface area (Å²) >= 11 is 0. The van der Waals surface area contributed by atoms with Crippen molar-refractivity contribution in [2.24, 2.45) is 0 Å². The van der Waals surface area contributed by atoms with Crippen molar-refractivity contribution >= 4 is 5.91 Å². The topological polar surface area (TPSA) is 38.3 Å². The van der Waals surface area contributed by atoms with Crippen molar-refractivity contribution in [3.05, 3.63) is 71.5 Å². The molecule has 0 bridgehead atoms. The molecule has 3 rings (SSSR count). The van der Waals surface area contributed by atoms with Crippen LogP contribution in [0.5, 0.6) is 0 Å². The Morgan fingerprint density at radius 2 is 2.09 bits per heavy atom. The molecule has 1 aliphatic carbocycles. The summed E-state index contributed by atoms with van der Waals surface area (Å²) in [4.78, 5) is 11.6. The molecule has 1 heterocycles. The molecular formula is C20H23NO2. The van der Waals surface area contributed by atoms with Crippen molar-refractivity contribution in [3.8, 4) is 0 Å². The van der Waals surface area contributed by atoms with Crippen molar-refractivity contribution in [2.45, 2.75) is 38.1 Å². The van der Waals surface area contributed by atoms with Crippen molar-refractivity contribution in [2.75, 3.05) is 6.61 Å². The summed E-state index contributed by atoms with van der Waals surface area (Å²) in [7, 11) is 0. The zero-order valence-electron chi connectivity index (χ0n) is 13.3. The van der Waals surface area contributed by atoms with Crippen molar-refractivity contribution in [1.82, 2.24) is 5.32 Å². The Kier molecular flexibility index (Phi) is 5.30. The van der Waals surface area contributed by atoms with Gasteiger partial charge in [-0.05, 0) is 43.7 Å². The van der Waals surface area contributed by atoms with Gasteiger partial charge in [-0.1, -0.05) is 48.1 Å². The first-order valence-corrected chi connectivity index (χ1v) is 8.35. The third kappa shape index (κ3) is 4.59. The fourth-order valence-corrected chi connectivity index (χ4v) is 3.02. The fourth-order valence-electron chi connectivity index (χ4n) is 3.02. The van der Waals surface area contributed by atoms with Crippen LogP contribution in [0.4, 0.5) is 0 Å². The maximum Gasteiger partial charge on any atom is 0.248 e. The van der Waals surface area contributed by atoms with Gasteiger partial charge in [-0.15, -0.1) is 0 Å². The number of nitrogens with one attached hydrogen (secondary N) is 1. The highest BCUT2D eigenvalue weighted by atomic mass is 16.5. The highest BCUT2D eigenvalue weighted by Gasteiger charge is 2.25. The third-order valence-corrected chi connectivity index (χ3v) is 4.22. The van der Waals surface area contributed by atoms with Crippen LogP contribution in [0, 0.1) is 0 Å². The molecule has 3 heteroatoms. The van der Waals surface area contributed by atoms with Gasteiger partial charge in [-0.3, -0.25) is 4.79 Å². The molecule has 3 nitrogen and oxygen atoms in total. The van der Waals surface area contributed by atoms with Crippen LogP contribution >= 0.6 is 0 Å². The van der Waals surface area contributed by atoms with Gasteiger partial charge >= 0.3 is 0 Å². The number of rotatable bonds is 6. The van der Waals surface area contributed by atoms with E-state index < -0.39 is 0 Å². The molecule has 1 N–H and O–H groups in total. The summed E-state index contributed by atoms with van der Waals surface area (Å²) in [6.45, 7) is 0.503. The lowest BCUT2D eigenvalue weighted by molar-refractivity contribution is -0.116. The predicted octanol–water partition coefficient (Wildman–Crippen LogP) is 3.68. The van der Waals surface area contributed by atoms with Crippen LogP contribution in [0.1, 0.15) is 31.2 Å². The molecule has 2 aliphatic rings. The monoisotopic (exact) mass is 309 g/mol. The van der Waals surface area contributed by atoms with Gasteiger partial charge in [0.05, 0.1) is 6.04 Å². The van der Waals surface area contributed by atoms with E-state index in [-0.39, 0.29) is 11.9 Å². The SMILES string of the molecule is O=C1C=C(OC/C=C/C2=CCCCC2)[C@H](Cc2ccccc2)N1. The standard InChI is InChI=1S/C20H23NO2/c22-20-15-19(18(21-20)14-17-10-5-2-6-11-17)23-13-7-12-16-8-3-1-4-9-16/h2,5-8,10-12,15,18H,1,3-4,9,13-14H2,(H,21,22)/b12-7+/t18-/m0/s1. The van der Waals surface area contributed by atoms with Crippen LogP contribution in [-0.2, 0) is 16.0 Å². The number of allylic oxidation sites excluding steroid dienone is 3. The second-order valence-electron chi connectivity index (χ2n) is 6.04. The number of carbonyl (C=O) groups excluding carboxylic acids is 1. The number of benzene rings is 1. The minimum atomic E-state index is -0.0695. The van der Waals surface area contributed by atoms with E-state index >= 15 is 0 Å². The van der Waals surface area contributed by atoms with E-state index in [1.54, 1.807) is 6.08 Å². The Balaban J connectivity index is 1.53. The summed E-state index contributed by atoms with van der Waals surface area (Å²) in [5.41, 5.74) is 2.59. The molecule has 23 heavy (non-hydrogen) atoms. The van der Waals surface area contributed by atoms with Crippen LogP contribution in [-0.4, -0.2) is 18.6 Å². The molecule has 1 aromatic rings. The van der Waals surface area contributed by atoms with Crippen LogP contribution in [0.25, 0.3) is 0 Å². The molecule has 0 saturated heterocycles. The van der Waals surface area contributed by atoms with Crippen molar-refractivity contribution in [3.63, 3.8) is 0 Å². The molecule has 0 fully saturated rings. The lowest BCUT2D eigenvalue weighted by atomic mass is 9.99. The highest BCUT2D eigenvalue weighted by Crippen LogP contribution is 2.19. The van der Waals surface area contributed by atoms with Crippen LogP contribution < -0.4 is 5.32 Å². The van der Waals surface area contributed by atoms with Crippen LogP contribution in [0.3, 0.4) is 0 Å². The van der Waals surface area contributed by atoms with Gasteiger partial charge in [-0.25, -0.2) is 0 Å². The molecule has 0 aromatic heterocycles. The number of ether oxygens (including phenoxy) is 1. The molecule has 1 amide bonds. The average molecular weight is 309 g/mol. The van der Waals surface area contributed by atoms with E-state index in [9.17, 15) is 4.79 Å². The van der Waals surface area contributed by atoms with Crippen LogP contribution in [0.15, 0.2) is 66.0 Å². The van der Waals surface area contributed by atoms with E-state index in [2.05, 4.69) is 29.6 Å². The number of carbonyl (C=O) groups is 1. The normalized spacial score (nSPS) is 21.0. The molecule has 0 unspecified atom stereocenters. The number of hydrogen-bond acceptors (Lipinski definition) is 2. The molecule has 0 radical (unpaired) electrons. The third-order valence-electron chi connectivity index (χ3n) is 4.22.